The van der Waals surface area contributed by atoms with Gasteiger partial charge in [-0.1, -0.05) is 20.8 Å². The SMILES string of the molecule is CCOc1ccc(N(C(=O)OC(C)(C)C)c2c3c(nc4ccnn24)N(C2CCCN(C(=O)O)[C@H]2C(C)(C)C)C(=O)C3)cc1. The Morgan fingerprint density at radius 2 is 1.79 bits per heavy atom. The third-order valence-corrected chi connectivity index (χ3v) is 7.67. The van der Waals surface area contributed by atoms with Crippen molar-refractivity contribution in [2.24, 2.45) is 5.41 Å². The zero-order valence-electron chi connectivity index (χ0n) is 25.8. The number of piperidine rings is 1. The van der Waals surface area contributed by atoms with Gasteiger partial charge in [0.1, 0.15) is 17.2 Å². The number of nitrogens with zero attached hydrogens (tertiary/aromatic N) is 6. The number of fused-ring (bicyclic) bond motifs is 2. The van der Waals surface area contributed by atoms with Crippen LogP contribution in [0.3, 0.4) is 0 Å². The largest absolute Gasteiger partial charge is 0.494 e. The van der Waals surface area contributed by atoms with E-state index in [0.717, 1.165) is 0 Å². The molecule has 0 saturated carbocycles. The van der Waals surface area contributed by atoms with Crippen molar-refractivity contribution in [3.8, 4) is 5.75 Å². The van der Waals surface area contributed by atoms with E-state index in [2.05, 4.69) is 5.10 Å². The summed E-state index contributed by atoms with van der Waals surface area (Å²) in [6.07, 6.45) is 1.12. The molecule has 3 amide bonds. The number of benzene rings is 1. The van der Waals surface area contributed by atoms with Crippen molar-refractivity contribution in [1.29, 1.82) is 0 Å². The van der Waals surface area contributed by atoms with Gasteiger partial charge in [0.15, 0.2) is 11.5 Å². The van der Waals surface area contributed by atoms with Gasteiger partial charge in [-0.05, 0) is 70.2 Å². The highest BCUT2D eigenvalue weighted by molar-refractivity contribution is 6.06. The minimum absolute atomic E-state index is 0.0375. The summed E-state index contributed by atoms with van der Waals surface area (Å²) in [5, 5.41) is 14.6. The van der Waals surface area contributed by atoms with Crippen LogP contribution in [0.15, 0.2) is 36.5 Å². The molecule has 2 aromatic heterocycles. The van der Waals surface area contributed by atoms with E-state index >= 15 is 0 Å². The molecule has 0 bridgehead atoms. The molecule has 5 rings (SSSR count). The van der Waals surface area contributed by atoms with E-state index in [1.165, 1.54) is 9.80 Å². The lowest BCUT2D eigenvalue weighted by Crippen LogP contribution is -2.62. The first-order valence-electron chi connectivity index (χ1n) is 14.7. The molecule has 2 aliphatic rings. The molecule has 0 aliphatic carbocycles. The summed E-state index contributed by atoms with van der Waals surface area (Å²) in [5.41, 5.74) is 0.189. The van der Waals surface area contributed by atoms with E-state index in [0.29, 0.717) is 60.3 Å². The highest BCUT2D eigenvalue weighted by Gasteiger charge is 2.49. The molecular formula is C31H40N6O6. The molecule has 0 spiro atoms. The number of anilines is 3. The van der Waals surface area contributed by atoms with Crippen LogP contribution < -0.4 is 14.5 Å². The summed E-state index contributed by atoms with van der Waals surface area (Å²) in [6, 6.07) is 7.86. The van der Waals surface area contributed by atoms with Gasteiger partial charge in [0.05, 0.1) is 37.0 Å². The van der Waals surface area contributed by atoms with Gasteiger partial charge in [-0.3, -0.25) is 9.69 Å². The monoisotopic (exact) mass is 592 g/mol. The van der Waals surface area contributed by atoms with Crippen LogP contribution in [0.2, 0.25) is 0 Å². The number of aromatic nitrogens is 3. The first kappa shape index (κ1) is 30.1. The second kappa shape index (κ2) is 11.1. The number of hydrogen-bond acceptors (Lipinski definition) is 7. The lowest BCUT2D eigenvalue weighted by Gasteiger charge is -2.49. The topological polar surface area (TPSA) is 130 Å². The van der Waals surface area contributed by atoms with Crippen molar-refractivity contribution in [1.82, 2.24) is 19.5 Å². The Kier molecular flexibility index (Phi) is 7.74. The van der Waals surface area contributed by atoms with Crippen molar-refractivity contribution in [3.63, 3.8) is 0 Å². The molecule has 12 nitrogen and oxygen atoms in total. The van der Waals surface area contributed by atoms with E-state index in [1.54, 1.807) is 66.7 Å². The number of rotatable bonds is 5. The Bertz CT molecular complexity index is 1540. The Morgan fingerprint density at radius 3 is 2.40 bits per heavy atom. The smallest absolute Gasteiger partial charge is 0.420 e. The second-order valence-electron chi connectivity index (χ2n) is 13.0. The third-order valence-electron chi connectivity index (χ3n) is 7.67. The van der Waals surface area contributed by atoms with Crippen LogP contribution in [0.25, 0.3) is 5.65 Å². The summed E-state index contributed by atoms with van der Waals surface area (Å²) in [6.45, 7) is 14.1. The van der Waals surface area contributed by atoms with E-state index in [9.17, 15) is 19.5 Å². The van der Waals surface area contributed by atoms with Crippen LogP contribution >= 0.6 is 0 Å². The predicted molar refractivity (Wildman–Crippen MR) is 161 cm³/mol. The van der Waals surface area contributed by atoms with Gasteiger partial charge >= 0.3 is 12.2 Å². The van der Waals surface area contributed by atoms with Crippen molar-refractivity contribution in [2.75, 3.05) is 23.0 Å². The summed E-state index contributed by atoms with van der Waals surface area (Å²) in [5.74, 6) is 1.19. The molecule has 1 aromatic carbocycles. The van der Waals surface area contributed by atoms with Crippen LogP contribution in [0.5, 0.6) is 5.75 Å². The van der Waals surface area contributed by atoms with E-state index in [-0.39, 0.29) is 12.3 Å². The molecule has 43 heavy (non-hydrogen) atoms. The fourth-order valence-corrected chi connectivity index (χ4v) is 6.22. The van der Waals surface area contributed by atoms with Gasteiger partial charge in [0.2, 0.25) is 5.91 Å². The highest BCUT2D eigenvalue weighted by atomic mass is 16.6. The van der Waals surface area contributed by atoms with E-state index in [1.807, 2.05) is 27.7 Å². The van der Waals surface area contributed by atoms with Crippen LogP contribution in [-0.2, 0) is 16.0 Å². The summed E-state index contributed by atoms with van der Waals surface area (Å²) >= 11 is 0. The van der Waals surface area contributed by atoms with Crippen molar-refractivity contribution >= 4 is 41.1 Å². The minimum Gasteiger partial charge on any atom is -0.494 e. The number of carbonyl (C=O) groups is 3. The normalized spacial score (nSPS) is 19.0. The third kappa shape index (κ3) is 5.70. The maximum atomic E-state index is 13.9. The summed E-state index contributed by atoms with van der Waals surface area (Å²) in [4.78, 5) is 49.6. The van der Waals surface area contributed by atoms with Crippen LogP contribution in [0.1, 0.15) is 66.9 Å². The summed E-state index contributed by atoms with van der Waals surface area (Å²) < 4.78 is 13.0. The lowest BCUT2D eigenvalue weighted by molar-refractivity contribution is -0.118. The van der Waals surface area contributed by atoms with Crippen LogP contribution in [0.4, 0.5) is 26.9 Å². The van der Waals surface area contributed by atoms with Gasteiger partial charge in [-0.15, -0.1) is 0 Å². The Balaban J connectivity index is 1.70. The summed E-state index contributed by atoms with van der Waals surface area (Å²) in [7, 11) is 0. The molecule has 1 N–H and O–H groups in total. The average molecular weight is 593 g/mol. The van der Waals surface area contributed by atoms with Gasteiger partial charge in [-0.25, -0.2) is 19.5 Å². The number of likely N-dealkylation sites (tertiary alicyclic amines) is 1. The Labute approximate surface area is 251 Å². The van der Waals surface area contributed by atoms with Gasteiger partial charge < -0.3 is 19.5 Å². The van der Waals surface area contributed by atoms with Crippen LogP contribution in [-0.4, -0.2) is 73.5 Å². The first-order valence-corrected chi connectivity index (χ1v) is 14.7. The van der Waals surface area contributed by atoms with Gasteiger partial charge in [0.25, 0.3) is 0 Å². The maximum Gasteiger partial charge on any atom is 0.420 e. The molecule has 12 heteroatoms. The molecule has 3 aromatic rings. The molecular weight excluding hydrogens is 552 g/mol. The fourth-order valence-electron chi connectivity index (χ4n) is 6.22. The first-order chi connectivity index (χ1) is 20.2. The number of ether oxygens (including phenoxy) is 2. The molecule has 230 valence electrons. The van der Waals surface area contributed by atoms with Crippen molar-refractivity contribution in [2.45, 2.75) is 85.4 Å². The molecule has 1 unspecified atom stereocenters. The zero-order chi connectivity index (χ0) is 31.3. The molecule has 1 fully saturated rings. The lowest BCUT2D eigenvalue weighted by atomic mass is 9.77. The van der Waals surface area contributed by atoms with E-state index < -0.39 is 35.3 Å². The fraction of sp³-hybridized carbons (Fsp3) is 0.516. The molecule has 1 saturated heterocycles. The zero-order valence-corrected chi connectivity index (χ0v) is 25.8. The number of amides is 3. The molecule has 2 atom stereocenters. The molecule has 4 heterocycles. The maximum absolute atomic E-state index is 13.9. The van der Waals surface area contributed by atoms with E-state index in [4.69, 9.17) is 14.5 Å². The highest BCUT2D eigenvalue weighted by Crippen LogP contribution is 2.44. The number of hydrogen-bond donors (Lipinski definition) is 1. The van der Waals surface area contributed by atoms with Crippen molar-refractivity contribution < 1.29 is 29.0 Å². The Hall–Kier alpha value is -4.35. The average Bonchev–Trinajstić information content (AvgIpc) is 3.51. The second-order valence-corrected chi connectivity index (χ2v) is 13.0. The predicted octanol–water partition coefficient (Wildman–Crippen LogP) is 5.65. The van der Waals surface area contributed by atoms with Gasteiger partial charge in [-0.2, -0.15) is 9.61 Å². The molecule has 0 radical (unpaired) electrons. The standard InChI is InChI=1S/C31H40N6O6/c1-8-42-20-13-11-19(12-14-20)35(29(41)43-31(5,6)7)27-21-18-24(38)36(26(21)33-23-15-16-32-37(23)27)22-10-9-17-34(28(39)40)25(22)30(2,3)4/h11-16,22,25H,8-10,17-18H2,1-7H3,(H,39,40)/t22?,25-/m1/s1. The quantitative estimate of drug-likeness (QED) is 0.403. The Morgan fingerprint density at radius 1 is 1.09 bits per heavy atom. The number of carboxylic acid groups (broad SMARTS) is 1. The molecule has 2 aliphatic heterocycles. The van der Waals surface area contributed by atoms with Crippen LogP contribution in [0, 0.1) is 5.41 Å². The van der Waals surface area contributed by atoms with Gasteiger partial charge in [0, 0.05) is 18.2 Å². The van der Waals surface area contributed by atoms with Crippen molar-refractivity contribution in [3.05, 3.63) is 42.1 Å². The number of carbonyl (C=O) groups excluding carboxylic acids is 2. The minimum atomic E-state index is -1.01.